The van der Waals surface area contributed by atoms with Gasteiger partial charge in [0.25, 0.3) is 0 Å². The summed E-state index contributed by atoms with van der Waals surface area (Å²) >= 11 is 0. The van der Waals surface area contributed by atoms with Gasteiger partial charge in [0.15, 0.2) is 0 Å². The van der Waals surface area contributed by atoms with E-state index in [9.17, 15) is 22.0 Å². The van der Waals surface area contributed by atoms with Crippen LogP contribution in [-0.4, -0.2) is 27.8 Å². The predicted molar refractivity (Wildman–Crippen MR) is 85.9 cm³/mol. The number of sulfonamides is 2. The van der Waals surface area contributed by atoms with Crippen LogP contribution in [0.2, 0.25) is 0 Å². The minimum Gasteiger partial charge on any atom is -0.410 e. The molecule has 0 spiro atoms. The van der Waals surface area contributed by atoms with Crippen LogP contribution in [-0.2, 0) is 26.5 Å². The zero-order valence-corrected chi connectivity index (χ0v) is 13.8. The van der Waals surface area contributed by atoms with Gasteiger partial charge in [-0.15, -0.1) is 0 Å². The number of oxime groups is 1. The van der Waals surface area contributed by atoms with Gasteiger partial charge in [0, 0.05) is 11.1 Å². The number of nitrogens with two attached hydrogens (primary N) is 2. The Morgan fingerprint density at radius 2 is 1.25 bits per heavy atom. The van der Waals surface area contributed by atoms with Crippen molar-refractivity contribution < 1.29 is 22.0 Å². The van der Waals surface area contributed by atoms with E-state index in [2.05, 4.69) is 5.16 Å². The number of fused-ring (bicyclic) bond motifs is 2. The fraction of sp³-hybridized carbons (Fsp3) is 0.0714. The smallest absolute Gasteiger partial charge is 0.238 e. The van der Waals surface area contributed by atoms with Gasteiger partial charge in [-0.2, -0.15) is 0 Å². The minimum absolute atomic E-state index is 0.0576. The Morgan fingerprint density at radius 1 is 0.833 bits per heavy atom. The molecule has 1 aliphatic rings. The summed E-state index contributed by atoms with van der Waals surface area (Å²) in [6, 6.07) is 8.49. The number of rotatable bonds is 2. The summed E-state index contributed by atoms with van der Waals surface area (Å²) in [4.78, 5) is -0.262. The predicted octanol–water partition coefficient (Wildman–Crippen LogP) is 0.112. The Morgan fingerprint density at radius 3 is 1.58 bits per heavy atom. The molecule has 0 amide bonds. The number of nitrogens with zero attached hydrogens (tertiary/aromatic N) is 1. The molecule has 2 aromatic rings. The molecule has 10 heteroatoms. The molecule has 2 aromatic carbocycles. The van der Waals surface area contributed by atoms with E-state index in [4.69, 9.17) is 10.3 Å². The van der Waals surface area contributed by atoms with Crippen molar-refractivity contribution >= 4 is 25.8 Å². The van der Waals surface area contributed by atoms with Crippen molar-refractivity contribution in [3.8, 4) is 0 Å². The van der Waals surface area contributed by atoms with Gasteiger partial charge in [-0.3, -0.25) is 0 Å². The second-order valence-electron chi connectivity index (χ2n) is 5.35. The molecule has 0 unspecified atom stereocenters. The highest BCUT2D eigenvalue weighted by Gasteiger charge is 2.25. The van der Waals surface area contributed by atoms with Crippen molar-refractivity contribution in [2.24, 2.45) is 15.4 Å². The summed E-state index contributed by atoms with van der Waals surface area (Å²) in [7, 11) is -7.86. The lowest BCUT2D eigenvalue weighted by atomic mass is 9.84. The summed E-state index contributed by atoms with van der Waals surface area (Å²) in [6.07, 6.45) is 0.416. The average molecular weight is 367 g/mol. The van der Waals surface area contributed by atoms with Crippen LogP contribution < -0.4 is 10.3 Å². The van der Waals surface area contributed by atoms with Crippen LogP contribution in [0.4, 0.5) is 0 Å². The molecule has 0 saturated heterocycles. The number of hydrogen-bond acceptors (Lipinski definition) is 6. The molecular formula is C14H13N3O5S2. The molecule has 0 atom stereocenters. The molecule has 0 heterocycles. The van der Waals surface area contributed by atoms with E-state index in [1.54, 1.807) is 12.1 Å². The largest absolute Gasteiger partial charge is 0.410 e. The lowest BCUT2D eigenvalue weighted by molar-refractivity contribution is 0.319. The van der Waals surface area contributed by atoms with Gasteiger partial charge in [0.2, 0.25) is 20.0 Å². The van der Waals surface area contributed by atoms with Gasteiger partial charge in [-0.05, 0) is 41.8 Å². The molecule has 0 bridgehead atoms. The maximum atomic E-state index is 11.5. The van der Waals surface area contributed by atoms with Crippen LogP contribution in [0.5, 0.6) is 0 Å². The zero-order chi connectivity index (χ0) is 17.7. The van der Waals surface area contributed by atoms with Crippen molar-refractivity contribution in [2.45, 2.75) is 16.2 Å². The first-order valence-corrected chi connectivity index (χ1v) is 9.75. The van der Waals surface area contributed by atoms with E-state index in [0.29, 0.717) is 17.5 Å². The summed E-state index contributed by atoms with van der Waals surface area (Å²) in [5, 5.41) is 22.9. The molecule has 1 aliphatic carbocycles. The summed E-state index contributed by atoms with van der Waals surface area (Å²) in [6.45, 7) is 0. The maximum absolute atomic E-state index is 11.5. The van der Waals surface area contributed by atoms with E-state index in [1.165, 1.54) is 24.3 Å². The van der Waals surface area contributed by atoms with Crippen LogP contribution in [0, 0.1) is 0 Å². The first-order valence-electron chi connectivity index (χ1n) is 6.65. The van der Waals surface area contributed by atoms with Crippen LogP contribution in [0.1, 0.15) is 22.3 Å². The fourth-order valence-corrected chi connectivity index (χ4v) is 3.75. The highest BCUT2D eigenvalue weighted by atomic mass is 32.2. The van der Waals surface area contributed by atoms with Crippen molar-refractivity contribution in [1.82, 2.24) is 0 Å². The molecule has 0 aromatic heterocycles. The third kappa shape index (κ3) is 2.80. The molecule has 0 radical (unpaired) electrons. The second kappa shape index (κ2) is 5.38. The van der Waals surface area contributed by atoms with E-state index >= 15 is 0 Å². The number of hydrogen-bond donors (Lipinski definition) is 3. The Bertz CT molecular complexity index is 1010. The third-order valence-electron chi connectivity index (χ3n) is 3.81. The number of benzene rings is 2. The Kier molecular flexibility index (Phi) is 3.72. The summed E-state index contributed by atoms with van der Waals surface area (Å²) in [5.41, 5.74) is 2.24. The Hall–Kier alpha value is -2.27. The number of primary sulfonamides is 2. The lowest BCUT2D eigenvalue weighted by Crippen LogP contribution is -2.20. The Balaban J connectivity index is 2.25. The fourth-order valence-electron chi connectivity index (χ4n) is 2.67. The van der Waals surface area contributed by atoms with Crippen LogP contribution in [0.3, 0.4) is 0 Å². The van der Waals surface area contributed by atoms with Gasteiger partial charge in [-0.1, -0.05) is 17.3 Å². The van der Waals surface area contributed by atoms with Crippen molar-refractivity contribution in [1.29, 1.82) is 0 Å². The van der Waals surface area contributed by atoms with Crippen molar-refractivity contribution in [3.05, 3.63) is 58.7 Å². The van der Waals surface area contributed by atoms with Gasteiger partial charge < -0.3 is 5.21 Å². The molecular weight excluding hydrogens is 354 g/mol. The molecule has 0 fully saturated rings. The third-order valence-corrected chi connectivity index (χ3v) is 5.63. The zero-order valence-electron chi connectivity index (χ0n) is 12.2. The molecule has 5 N–H and O–H groups in total. The van der Waals surface area contributed by atoms with E-state index in [-0.39, 0.29) is 15.5 Å². The highest BCUT2D eigenvalue weighted by Crippen LogP contribution is 2.30. The van der Waals surface area contributed by atoms with Gasteiger partial charge in [0.1, 0.15) is 5.71 Å². The Labute approximate surface area is 138 Å². The molecule has 126 valence electrons. The lowest BCUT2D eigenvalue weighted by Gasteiger charge is -2.21. The second-order valence-corrected chi connectivity index (χ2v) is 8.48. The monoisotopic (exact) mass is 367 g/mol. The highest BCUT2D eigenvalue weighted by molar-refractivity contribution is 7.89. The standard InChI is InChI=1S/C14H13N3O5S2/c15-23(19,20)10-3-1-8-5-9-2-4-11(24(16,21)22)7-13(9)14(17-18)12(8)6-10/h1-4,6-7,18H,5H2,(H2,15,19,20)(H2,16,21,22). The molecule has 8 nitrogen and oxygen atoms in total. The van der Waals surface area contributed by atoms with Crippen LogP contribution in [0.25, 0.3) is 0 Å². The molecule has 0 saturated carbocycles. The van der Waals surface area contributed by atoms with E-state index in [0.717, 1.165) is 11.1 Å². The maximum Gasteiger partial charge on any atom is 0.238 e. The minimum atomic E-state index is -3.93. The van der Waals surface area contributed by atoms with Gasteiger partial charge in [-0.25, -0.2) is 27.1 Å². The van der Waals surface area contributed by atoms with Crippen LogP contribution >= 0.6 is 0 Å². The molecule has 3 rings (SSSR count). The first-order chi connectivity index (χ1) is 11.1. The van der Waals surface area contributed by atoms with Crippen molar-refractivity contribution in [2.75, 3.05) is 0 Å². The quantitative estimate of drug-likeness (QED) is 0.433. The van der Waals surface area contributed by atoms with Gasteiger partial charge in [0.05, 0.1) is 9.79 Å². The summed E-state index contributed by atoms with van der Waals surface area (Å²) in [5.74, 6) is 0. The molecule has 0 aliphatic heterocycles. The SMILES string of the molecule is NS(=O)(=O)c1ccc2c(c1)C(=NO)c1cc(S(N)(=O)=O)ccc1C2. The first kappa shape index (κ1) is 16.6. The van der Waals surface area contributed by atoms with Gasteiger partial charge >= 0.3 is 0 Å². The van der Waals surface area contributed by atoms with Crippen molar-refractivity contribution in [3.63, 3.8) is 0 Å². The van der Waals surface area contributed by atoms with Crippen LogP contribution in [0.15, 0.2) is 51.3 Å². The topological polar surface area (TPSA) is 153 Å². The average Bonchev–Trinajstić information content (AvgIpc) is 2.49. The molecule has 24 heavy (non-hydrogen) atoms. The summed E-state index contributed by atoms with van der Waals surface area (Å²) < 4.78 is 46.1. The van der Waals surface area contributed by atoms with E-state index in [1.807, 2.05) is 0 Å². The normalized spacial score (nSPS) is 14.0. The van der Waals surface area contributed by atoms with E-state index < -0.39 is 20.0 Å².